The highest BCUT2D eigenvalue weighted by molar-refractivity contribution is 5.85. The molecule has 1 unspecified atom stereocenters. The SMILES string of the molecule is CCCCOC(=O)C(C)N.Cl. The standard InChI is InChI=1S/C7H15NO2.ClH/c1-3-4-5-10-7(9)6(2)8;/h6H,3-5,8H2,1-2H3;1H. The molecule has 68 valence electrons. The van der Waals surface area contributed by atoms with Crippen LogP contribution in [0.1, 0.15) is 26.7 Å². The Balaban J connectivity index is 0. The van der Waals surface area contributed by atoms with Crippen molar-refractivity contribution in [3.63, 3.8) is 0 Å². The van der Waals surface area contributed by atoms with Crippen molar-refractivity contribution in [2.45, 2.75) is 32.7 Å². The van der Waals surface area contributed by atoms with Crippen LogP contribution in [0.15, 0.2) is 0 Å². The van der Waals surface area contributed by atoms with Crippen LogP contribution in [0.4, 0.5) is 0 Å². The lowest BCUT2D eigenvalue weighted by Crippen LogP contribution is -2.28. The molecule has 0 spiro atoms. The molecule has 0 heterocycles. The Morgan fingerprint density at radius 2 is 2.18 bits per heavy atom. The lowest BCUT2D eigenvalue weighted by Gasteiger charge is -2.04. The van der Waals surface area contributed by atoms with E-state index >= 15 is 0 Å². The molecule has 3 nitrogen and oxygen atoms in total. The largest absolute Gasteiger partial charge is 0.465 e. The topological polar surface area (TPSA) is 52.3 Å². The number of halogens is 1. The molecule has 0 aliphatic heterocycles. The average Bonchev–Trinajstić information content (AvgIpc) is 1.88. The van der Waals surface area contributed by atoms with Crippen LogP contribution in [-0.4, -0.2) is 18.6 Å². The van der Waals surface area contributed by atoms with E-state index in [2.05, 4.69) is 0 Å². The van der Waals surface area contributed by atoms with Gasteiger partial charge in [0.05, 0.1) is 6.61 Å². The molecule has 0 bridgehead atoms. The van der Waals surface area contributed by atoms with Crippen LogP contribution in [0.5, 0.6) is 0 Å². The van der Waals surface area contributed by atoms with E-state index in [4.69, 9.17) is 10.5 Å². The fourth-order valence-electron chi connectivity index (χ4n) is 0.449. The summed E-state index contributed by atoms with van der Waals surface area (Å²) in [6.45, 7) is 4.16. The minimum atomic E-state index is -0.489. The zero-order valence-electron chi connectivity index (χ0n) is 7.00. The van der Waals surface area contributed by atoms with Crippen molar-refractivity contribution >= 4 is 18.4 Å². The number of carbonyl (C=O) groups is 1. The van der Waals surface area contributed by atoms with Crippen LogP contribution < -0.4 is 5.73 Å². The van der Waals surface area contributed by atoms with Crippen molar-refractivity contribution in [2.24, 2.45) is 5.73 Å². The molecule has 0 radical (unpaired) electrons. The Kier molecular flexibility index (Phi) is 9.47. The van der Waals surface area contributed by atoms with Crippen molar-refractivity contribution in [2.75, 3.05) is 6.61 Å². The van der Waals surface area contributed by atoms with E-state index in [1.54, 1.807) is 6.92 Å². The van der Waals surface area contributed by atoms with Gasteiger partial charge in [-0.3, -0.25) is 4.79 Å². The molecule has 0 aliphatic carbocycles. The van der Waals surface area contributed by atoms with Crippen LogP contribution in [0.25, 0.3) is 0 Å². The zero-order valence-corrected chi connectivity index (χ0v) is 7.82. The van der Waals surface area contributed by atoms with Gasteiger partial charge < -0.3 is 10.5 Å². The summed E-state index contributed by atoms with van der Waals surface area (Å²) in [5.41, 5.74) is 5.24. The third-order valence-corrected chi connectivity index (χ3v) is 1.11. The Labute approximate surface area is 73.7 Å². The smallest absolute Gasteiger partial charge is 0.322 e. The summed E-state index contributed by atoms with van der Waals surface area (Å²) in [6.07, 6.45) is 1.95. The van der Waals surface area contributed by atoms with Crippen molar-refractivity contribution < 1.29 is 9.53 Å². The first-order valence-corrected chi connectivity index (χ1v) is 3.60. The number of carbonyl (C=O) groups excluding carboxylic acids is 1. The Morgan fingerprint density at radius 3 is 2.55 bits per heavy atom. The van der Waals surface area contributed by atoms with E-state index in [1.807, 2.05) is 6.92 Å². The fraction of sp³-hybridized carbons (Fsp3) is 0.857. The third-order valence-electron chi connectivity index (χ3n) is 1.11. The Bertz CT molecular complexity index is 107. The van der Waals surface area contributed by atoms with E-state index in [0.29, 0.717) is 6.61 Å². The first-order valence-electron chi connectivity index (χ1n) is 3.60. The van der Waals surface area contributed by atoms with Gasteiger partial charge in [-0.1, -0.05) is 13.3 Å². The van der Waals surface area contributed by atoms with Gasteiger partial charge in [0.25, 0.3) is 0 Å². The summed E-state index contributed by atoms with van der Waals surface area (Å²) < 4.78 is 4.78. The number of ether oxygens (including phenoxy) is 1. The summed E-state index contributed by atoms with van der Waals surface area (Å²) >= 11 is 0. The quantitative estimate of drug-likeness (QED) is 0.522. The van der Waals surface area contributed by atoms with Crippen LogP contribution >= 0.6 is 12.4 Å². The molecule has 0 aromatic rings. The van der Waals surface area contributed by atoms with E-state index < -0.39 is 6.04 Å². The van der Waals surface area contributed by atoms with Gasteiger partial charge in [-0.15, -0.1) is 12.4 Å². The van der Waals surface area contributed by atoms with Crippen LogP contribution in [-0.2, 0) is 9.53 Å². The van der Waals surface area contributed by atoms with Crippen molar-refractivity contribution in [3.8, 4) is 0 Å². The molecule has 0 saturated heterocycles. The minimum absolute atomic E-state index is 0. The first-order chi connectivity index (χ1) is 4.68. The molecule has 11 heavy (non-hydrogen) atoms. The molecular weight excluding hydrogens is 166 g/mol. The highest BCUT2D eigenvalue weighted by Gasteiger charge is 2.06. The predicted molar refractivity (Wildman–Crippen MR) is 46.8 cm³/mol. The summed E-state index contributed by atoms with van der Waals surface area (Å²) in [4.78, 5) is 10.7. The number of esters is 1. The van der Waals surface area contributed by atoms with Crippen molar-refractivity contribution in [1.82, 2.24) is 0 Å². The molecule has 0 saturated carbocycles. The van der Waals surface area contributed by atoms with E-state index in [0.717, 1.165) is 12.8 Å². The first kappa shape index (κ1) is 13.3. The molecule has 0 aromatic carbocycles. The van der Waals surface area contributed by atoms with Crippen LogP contribution in [0.3, 0.4) is 0 Å². The Hall–Kier alpha value is -0.280. The molecule has 0 aromatic heterocycles. The summed E-state index contributed by atoms with van der Waals surface area (Å²) in [5, 5.41) is 0. The highest BCUT2D eigenvalue weighted by atomic mass is 35.5. The van der Waals surface area contributed by atoms with E-state index in [-0.39, 0.29) is 18.4 Å². The monoisotopic (exact) mass is 181 g/mol. The Morgan fingerprint density at radius 1 is 1.64 bits per heavy atom. The van der Waals surface area contributed by atoms with E-state index in [9.17, 15) is 4.79 Å². The molecule has 0 aliphatic rings. The third kappa shape index (κ3) is 7.62. The normalized spacial score (nSPS) is 11.5. The second-order valence-electron chi connectivity index (χ2n) is 2.31. The number of unbranched alkanes of at least 4 members (excludes halogenated alkanes) is 1. The molecule has 0 fully saturated rings. The number of rotatable bonds is 4. The number of hydrogen-bond donors (Lipinski definition) is 1. The maximum atomic E-state index is 10.7. The second-order valence-corrected chi connectivity index (χ2v) is 2.31. The van der Waals surface area contributed by atoms with Gasteiger partial charge in [-0.25, -0.2) is 0 Å². The van der Waals surface area contributed by atoms with Gasteiger partial charge in [0.15, 0.2) is 0 Å². The number of nitrogens with two attached hydrogens (primary N) is 1. The molecule has 1 atom stereocenters. The molecular formula is C7H16ClNO2. The zero-order chi connectivity index (χ0) is 7.98. The second kappa shape index (κ2) is 7.82. The molecule has 0 amide bonds. The van der Waals surface area contributed by atoms with Crippen LogP contribution in [0, 0.1) is 0 Å². The average molecular weight is 182 g/mol. The van der Waals surface area contributed by atoms with Gasteiger partial charge in [-0.05, 0) is 13.3 Å². The van der Waals surface area contributed by atoms with E-state index in [1.165, 1.54) is 0 Å². The maximum Gasteiger partial charge on any atom is 0.322 e. The summed E-state index contributed by atoms with van der Waals surface area (Å²) in [6, 6.07) is -0.489. The number of hydrogen-bond acceptors (Lipinski definition) is 3. The van der Waals surface area contributed by atoms with Gasteiger partial charge in [0.1, 0.15) is 6.04 Å². The van der Waals surface area contributed by atoms with Crippen molar-refractivity contribution in [3.05, 3.63) is 0 Å². The fourth-order valence-corrected chi connectivity index (χ4v) is 0.449. The van der Waals surface area contributed by atoms with Crippen LogP contribution in [0.2, 0.25) is 0 Å². The lowest BCUT2D eigenvalue weighted by atomic mass is 10.3. The minimum Gasteiger partial charge on any atom is -0.465 e. The van der Waals surface area contributed by atoms with Crippen molar-refractivity contribution in [1.29, 1.82) is 0 Å². The molecule has 0 rings (SSSR count). The highest BCUT2D eigenvalue weighted by Crippen LogP contribution is 1.90. The van der Waals surface area contributed by atoms with Gasteiger partial charge in [0, 0.05) is 0 Å². The predicted octanol–water partition coefficient (Wildman–Crippen LogP) is 1.10. The summed E-state index contributed by atoms with van der Waals surface area (Å²) in [7, 11) is 0. The van der Waals surface area contributed by atoms with Gasteiger partial charge >= 0.3 is 5.97 Å². The maximum absolute atomic E-state index is 10.7. The molecule has 2 N–H and O–H groups in total. The van der Waals surface area contributed by atoms with Gasteiger partial charge in [0.2, 0.25) is 0 Å². The molecule has 4 heteroatoms. The summed E-state index contributed by atoms with van der Waals surface area (Å²) in [5.74, 6) is -0.312. The van der Waals surface area contributed by atoms with Gasteiger partial charge in [-0.2, -0.15) is 0 Å². The lowest BCUT2D eigenvalue weighted by molar-refractivity contribution is -0.144.